The number of carbonyl (C=O) groups is 1. The van der Waals surface area contributed by atoms with Gasteiger partial charge in [0.05, 0.1) is 6.10 Å². The fourth-order valence-electron chi connectivity index (χ4n) is 2.66. The van der Waals surface area contributed by atoms with Gasteiger partial charge >= 0.3 is 0 Å². The standard InChI is InChI=1S/C18H21FN2O4/c19-13-4-3-6-15(10-13)24-12-17-21-16(11-25-17)18(22)20-8-7-14-5-1-2-9-23-14/h3-4,6,10-11,14H,1-2,5,7-9,12H2,(H,20,22)/t14-/m1/s1. The molecule has 25 heavy (non-hydrogen) atoms. The van der Waals surface area contributed by atoms with Crippen LogP contribution in [-0.4, -0.2) is 30.1 Å². The maximum absolute atomic E-state index is 13.1. The molecule has 1 N–H and O–H groups in total. The Balaban J connectivity index is 1.43. The SMILES string of the molecule is O=C(NCC[C@H]1CCCCO1)c1coc(COc2cccc(F)c2)n1. The van der Waals surface area contributed by atoms with Crippen molar-refractivity contribution in [3.8, 4) is 5.75 Å². The molecule has 3 rings (SSSR count). The first-order valence-corrected chi connectivity index (χ1v) is 8.43. The highest BCUT2D eigenvalue weighted by atomic mass is 19.1. The van der Waals surface area contributed by atoms with Crippen LogP contribution in [0.2, 0.25) is 0 Å². The summed E-state index contributed by atoms with van der Waals surface area (Å²) in [6.07, 6.45) is 5.64. The molecular weight excluding hydrogens is 327 g/mol. The second-order valence-corrected chi connectivity index (χ2v) is 5.91. The number of hydrogen-bond acceptors (Lipinski definition) is 5. The summed E-state index contributed by atoms with van der Waals surface area (Å²) in [6, 6.07) is 5.78. The van der Waals surface area contributed by atoms with Crippen LogP contribution in [0.1, 0.15) is 42.1 Å². The van der Waals surface area contributed by atoms with Gasteiger partial charge < -0.3 is 19.2 Å². The van der Waals surface area contributed by atoms with Crippen LogP contribution >= 0.6 is 0 Å². The minimum Gasteiger partial charge on any atom is -0.484 e. The first kappa shape index (κ1) is 17.4. The van der Waals surface area contributed by atoms with E-state index in [9.17, 15) is 9.18 Å². The van der Waals surface area contributed by atoms with E-state index >= 15 is 0 Å². The van der Waals surface area contributed by atoms with E-state index < -0.39 is 0 Å². The largest absolute Gasteiger partial charge is 0.484 e. The number of carbonyl (C=O) groups excluding carboxylic acids is 1. The zero-order chi connectivity index (χ0) is 17.5. The summed E-state index contributed by atoms with van der Waals surface area (Å²) < 4.78 is 29.3. The Morgan fingerprint density at radius 1 is 1.40 bits per heavy atom. The van der Waals surface area contributed by atoms with Crippen molar-refractivity contribution in [2.45, 2.75) is 38.4 Å². The number of hydrogen-bond donors (Lipinski definition) is 1. The molecule has 1 aliphatic heterocycles. The van der Waals surface area contributed by atoms with Crippen molar-refractivity contribution in [3.63, 3.8) is 0 Å². The van der Waals surface area contributed by atoms with E-state index in [-0.39, 0.29) is 36.0 Å². The van der Waals surface area contributed by atoms with Gasteiger partial charge in [-0.1, -0.05) is 6.07 Å². The molecule has 1 aliphatic rings. The average molecular weight is 348 g/mol. The summed E-state index contributed by atoms with van der Waals surface area (Å²) in [5, 5.41) is 2.81. The van der Waals surface area contributed by atoms with E-state index in [2.05, 4.69) is 10.3 Å². The number of ether oxygens (including phenoxy) is 2. The topological polar surface area (TPSA) is 73.6 Å². The van der Waals surface area contributed by atoms with Gasteiger partial charge in [0.15, 0.2) is 12.3 Å². The summed E-state index contributed by atoms with van der Waals surface area (Å²) in [4.78, 5) is 16.1. The van der Waals surface area contributed by atoms with Crippen molar-refractivity contribution in [3.05, 3.63) is 47.9 Å². The second kappa shape index (κ2) is 8.62. The van der Waals surface area contributed by atoms with E-state index in [0.29, 0.717) is 12.3 Å². The van der Waals surface area contributed by atoms with Crippen molar-refractivity contribution in [1.82, 2.24) is 10.3 Å². The molecule has 1 amide bonds. The number of amides is 1. The number of halogens is 1. The van der Waals surface area contributed by atoms with Crippen molar-refractivity contribution < 1.29 is 23.1 Å². The molecule has 0 unspecified atom stereocenters. The zero-order valence-electron chi connectivity index (χ0n) is 13.9. The maximum Gasteiger partial charge on any atom is 0.273 e. The fourth-order valence-corrected chi connectivity index (χ4v) is 2.66. The Labute approximate surface area is 145 Å². The summed E-state index contributed by atoms with van der Waals surface area (Å²) >= 11 is 0. The zero-order valence-corrected chi connectivity index (χ0v) is 13.9. The van der Waals surface area contributed by atoms with Crippen molar-refractivity contribution in [2.24, 2.45) is 0 Å². The third kappa shape index (κ3) is 5.29. The molecule has 1 fully saturated rings. The summed E-state index contributed by atoms with van der Waals surface area (Å²) in [5.74, 6) is -0.0508. The molecule has 1 saturated heterocycles. The molecule has 0 radical (unpaired) electrons. The van der Waals surface area contributed by atoms with E-state index in [1.54, 1.807) is 12.1 Å². The van der Waals surface area contributed by atoms with Crippen LogP contribution in [0.3, 0.4) is 0 Å². The molecule has 1 atom stereocenters. The second-order valence-electron chi connectivity index (χ2n) is 5.91. The van der Waals surface area contributed by atoms with Gasteiger partial charge in [-0.2, -0.15) is 0 Å². The highest BCUT2D eigenvalue weighted by Crippen LogP contribution is 2.15. The third-order valence-electron chi connectivity index (χ3n) is 3.97. The Hall–Kier alpha value is -2.41. The maximum atomic E-state index is 13.1. The molecule has 0 bridgehead atoms. The Bertz CT molecular complexity index is 698. The molecule has 6 nitrogen and oxygen atoms in total. The van der Waals surface area contributed by atoms with Crippen LogP contribution in [0.15, 0.2) is 34.9 Å². The summed E-state index contributed by atoms with van der Waals surface area (Å²) in [7, 11) is 0. The van der Waals surface area contributed by atoms with Gasteiger partial charge in [-0.3, -0.25) is 4.79 Å². The molecular formula is C18H21FN2O4. The van der Waals surface area contributed by atoms with Crippen LogP contribution < -0.4 is 10.1 Å². The minimum absolute atomic E-state index is 0.0205. The van der Waals surface area contributed by atoms with Crippen molar-refractivity contribution >= 4 is 5.91 Å². The first-order valence-electron chi connectivity index (χ1n) is 8.43. The highest BCUT2D eigenvalue weighted by Gasteiger charge is 2.16. The number of benzene rings is 1. The lowest BCUT2D eigenvalue weighted by molar-refractivity contribution is 0.0117. The number of rotatable bonds is 7. The van der Waals surface area contributed by atoms with Gasteiger partial charge in [0, 0.05) is 19.2 Å². The lowest BCUT2D eigenvalue weighted by Gasteiger charge is -2.22. The molecule has 134 valence electrons. The van der Waals surface area contributed by atoms with Crippen molar-refractivity contribution in [2.75, 3.05) is 13.2 Å². The Morgan fingerprint density at radius 2 is 2.32 bits per heavy atom. The van der Waals surface area contributed by atoms with E-state index in [1.165, 1.54) is 24.8 Å². The summed E-state index contributed by atoms with van der Waals surface area (Å²) in [5.41, 5.74) is 0.197. The molecule has 0 spiro atoms. The highest BCUT2D eigenvalue weighted by molar-refractivity contribution is 5.91. The predicted molar refractivity (Wildman–Crippen MR) is 87.8 cm³/mol. The van der Waals surface area contributed by atoms with Crippen LogP contribution in [0.5, 0.6) is 5.75 Å². The molecule has 7 heteroatoms. The number of aromatic nitrogens is 1. The van der Waals surface area contributed by atoms with E-state index in [0.717, 1.165) is 25.9 Å². The van der Waals surface area contributed by atoms with Gasteiger partial charge in [0.2, 0.25) is 5.89 Å². The van der Waals surface area contributed by atoms with Gasteiger partial charge in [-0.05, 0) is 37.8 Å². The third-order valence-corrected chi connectivity index (χ3v) is 3.97. The molecule has 0 aliphatic carbocycles. The Kier molecular flexibility index (Phi) is 6.00. The van der Waals surface area contributed by atoms with Crippen LogP contribution in [0.4, 0.5) is 4.39 Å². The fraction of sp³-hybridized carbons (Fsp3) is 0.444. The Morgan fingerprint density at radius 3 is 3.12 bits per heavy atom. The van der Waals surface area contributed by atoms with Gasteiger partial charge in [0.1, 0.15) is 17.8 Å². The monoisotopic (exact) mass is 348 g/mol. The first-order chi connectivity index (χ1) is 12.2. The molecule has 1 aromatic carbocycles. The normalized spacial score (nSPS) is 17.2. The summed E-state index contributed by atoms with van der Waals surface area (Å²) in [6.45, 7) is 1.36. The number of oxazole rings is 1. The molecule has 1 aromatic heterocycles. The number of nitrogens with zero attached hydrogens (tertiary/aromatic N) is 1. The van der Waals surface area contributed by atoms with Crippen LogP contribution in [0.25, 0.3) is 0 Å². The average Bonchev–Trinajstić information content (AvgIpc) is 3.10. The van der Waals surface area contributed by atoms with Crippen LogP contribution in [0, 0.1) is 5.82 Å². The molecule has 2 heterocycles. The quantitative estimate of drug-likeness (QED) is 0.832. The van der Waals surface area contributed by atoms with Gasteiger partial charge in [0.25, 0.3) is 5.91 Å². The van der Waals surface area contributed by atoms with E-state index in [4.69, 9.17) is 13.9 Å². The lowest BCUT2D eigenvalue weighted by Crippen LogP contribution is -2.29. The molecule has 0 saturated carbocycles. The predicted octanol–water partition coefficient (Wildman–Crippen LogP) is 3.08. The lowest BCUT2D eigenvalue weighted by atomic mass is 10.1. The van der Waals surface area contributed by atoms with Crippen LogP contribution in [-0.2, 0) is 11.3 Å². The van der Waals surface area contributed by atoms with Crippen molar-refractivity contribution in [1.29, 1.82) is 0 Å². The van der Waals surface area contributed by atoms with E-state index in [1.807, 2.05) is 0 Å². The van der Waals surface area contributed by atoms with Gasteiger partial charge in [-0.25, -0.2) is 9.37 Å². The van der Waals surface area contributed by atoms with Gasteiger partial charge in [-0.15, -0.1) is 0 Å². The number of nitrogens with one attached hydrogen (secondary N) is 1. The molecule has 2 aromatic rings. The smallest absolute Gasteiger partial charge is 0.273 e. The minimum atomic E-state index is -0.382.